The van der Waals surface area contributed by atoms with E-state index in [9.17, 15) is 14.7 Å². The van der Waals surface area contributed by atoms with Crippen LogP contribution in [0.1, 0.15) is 56.1 Å². The molecule has 1 spiro atoms. The van der Waals surface area contributed by atoms with E-state index in [-0.39, 0.29) is 11.4 Å². The molecule has 3 amide bonds. The number of hydrogen-bond acceptors (Lipinski definition) is 2. The molecule has 2 N–H and O–H groups in total. The van der Waals surface area contributed by atoms with Crippen LogP contribution in [-0.2, 0) is 12.0 Å². The van der Waals surface area contributed by atoms with E-state index in [1.807, 2.05) is 11.0 Å². The van der Waals surface area contributed by atoms with Crippen molar-refractivity contribution in [1.82, 2.24) is 15.1 Å². The number of amides is 3. The molecule has 7 rings (SSSR count). The zero-order chi connectivity index (χ0) is 21.2. The van der Waals surface area contributed by atoms with Gasteiger partial charge in [-0.15, -0.1) is 0 Å². The lowest BCUT2D eigenvalue weighted by Gasteiger charge is -2.54. The summed E-state index contributed by atoms with van der Waals surface area (Å²) >= 11 is 0. The minimum absolute atomic E-state index is 0.103. The molecular formula is C25H33N3O3. The Balaban J connectivity index is 1.14. The Bertz CT molecular complexity index is 864. The molecule has 0 unspecified atom stereocenters. The first-order valence-corrected chi connectivity index (χ1v) is 12.1. The average Bonchev–Trinajstić information content (AvgIpc) is 2.76. The summed E-state index contributed by atoms with van der Waals surface area (Å²) in [7, 11) is 0. The maximum Gasteiger partial charge on any atom is 0.407 e. The largest absolute Gasteiger partial charge is 0.465 e. The first-order valence-electron chi connectivity index (χ1n) is 12.1. The second-order valence-electron chi connectivity index (χ2n) is 11.0. The van der Waals surface area contributed by atoms with Crippen molar-refractivity contribution in [2.75, 3.05) is 19.6 Å². The van der Waals surface area contributed by atoms with E-state index in [0.717, 1.165) is 30.2 Å². The SMILES string of the molecule is O=C(O)N1Cc2ccccc2C2(CCN(C(=O)NC3C4CC5CC(C4)CC3C5)CC2)C1. The van der Waals surface area contributed by atoms with Gasteiger partial charge in [-0.3, -0.25) is 0 Å². The lowest BCUT2D eigenvalue weighted by Crippen LogP contribution is -2.60. The summed E-state index contributed by atoms with van der Waals surface area (Å²) in [6.07, 6.45) is 7.45. The number of hydrogen-bond donors (Lipinski definition) is 2. The Morgan fingerprint density at radius 2 is 1.58 bits per heavy atom. The molecule has 0 atom stereocenters. The molecule has 1 saturated heterocycles. The quantitative estimate of drug-likeness (QED) is 0.716. The number of piperidine rings is 1. The second kappa shape index (κ2) is 7.14. The van der Waals surface area contributed by atoms with Gasteiger partial charge in [0.15, 0.2) is 0 Å². The third-order valence-electron chi connectivity index (χ3n) is 9.24. The highest BCUT2D eigenvalue weighted by Crippen LogP contribution is 2.53. The summed E-state index contributed by atoms with van der Waals surface area (Å²) in [5.74, 6) is 3.19. The fraction of sp³-hybridized carbons (Fsp3) is 0.680. The summed E-state index contributed by atoms with van der Waals surface area (Å²) in [4.78, 5) is 28.5. The zero-order valence-corrected chi connectivity index (χ0v) is 18.1. The van der Waals surface area contributed by atoms with E-state index in [4.69, 9.17) is 0 Å². The van der Waals surface area contributed by atoms with Crippen LogP contribution in [0.2, 0.25) is 0 Å². The summed E-state index contributed by atoms with van der Waals surface area (Å²) < 4.78 is 0. The number of carbonyl (C=O) groups is 2. The number of carboxylic acid groups (broad SMARTS) is 1. The van der Waals surface area contributed by atoms with Crippen molar-refractivity contribution < 1.29 is 14.7 Å². The summed E-state index contributed by atoms with van der Waals surface area (Å²) in [6.45, 7) is 2.39. The molecule has 6 heteroatoms. The monoisotopic (exact) mass is 423 g/mol. The van der Waals surface area contributed by atoms with Crippen LogP contribution in [-0.4, -0.2) is 52.7 Å². The second-order valence-corrected chi connectivity index (χ2v) is 11.0. The smallest absolute Gasteiger partial charge is 0.407 e. The Hall–Kier alpha value is -2.24. The van der Waals surface area contributed by atoms with Crippen LogP contribution in [0.5, 0.6) is 0 Å². The van der Waals surface area contributed by atoms with Crippen molar-refractivity contribution in [3.63, 3.8) is 0 Å². The first kappa shape index (κ1) is 19.4. The van der Waals surface area contributed by atoms with Gasteiger partial charge >= 0.3 is 12.1 Å². The molecule has 166 valence electrons. The van der Waals surface area contributed by atoms with Gasteiger partial charge in [-0.05, 0) is 79.7 Å². The van der Waals surface area contributed by atoms with Crippen LogP contribution in [0.4, 0.5) is 9.59 Å². The molecule has 4 saturated carbocycles. The molecule has 0 aromatic heterocycles. The number of likely N-dealkylation sites (tertiary alicyclic amines) is 1. The third kappa shape index (κ3) is 3.21. The molecule has 4 aliphatic carbocycles. The van der Waals surface area contributed by atoms with E-state index < -0.39 is 6.09 Å². The van der Waals surface area contributed by atoms with Gasteiger partial charge in [-0.1, -0.05) is 24.3 Å². The molecular weight excluding hydrogens is 390 g/mol. The fourth-order valence-electron chi connectivity index (χ4n) is 7.98. The van der Waals surface area contributed by atoms with Gasteiger partial charge in [0.2, 0.25) is 0 Å². The third-order valence-corrected chi connectivity index (χ3v) is 9.24. The number of carbonyl (C=O) groups excluding carboxylic acids is 1. The standard InChI is InChI=1S/C25H33N3O3/c29-23(26-22-19-10-16-9-17(12-19)13-20(22)11-16)27-7-5-25(6-8-27)15-28(24(30)31)14-18-3-1-2-4-21(18)25/h1-4,16-17,19-20,22H,5-15H2,(H,26,29)(H,30,31). The molecule has 0 radical (unpaired) electrons. The summed E-state index contributed by atoms with van der Waals surface area (Å²) in [6, 6.07) is 8.74. The average molecular weight is 424 g/mol. The van der Waals surface area contributed by atoms with Crippen LogP contribution >= 0.6 is 0 Å². The van der Waals surface area contributed by atoms with Gasteiger partial charge in [-0.25, -0.2) is 9.59 Å². The number of rotatable bonds is 1. The minimum atomic E-state index is -0.851. The van der Waals surface area contributed by atoms with Crippen LogP contribution in [0.25, 0.3) is 0 Å². The minimum Gasteiger partial charge on any atom is -0.465 e. The lowest BCUT2D eigenvalue weighted by atomic mass is 9.54. The van der Waals surface area contributed by atoms with Crippen molar-refractivity contribution >= 4 is 12.1 Å². The highest BCUT2D eigenvalue weighted by atomic mass is 16.4. The Labute approximate surface area is 184 Å². The number of nitrogens with zero attached hydrogens (tertiary/aromatic N) is 2. The van der Waals surface area contributed by atoms with E-state index in [0.29, 0.717) is 44.1 Å². The highest BCUT2D eigenvalue weighted by molar-refractivity contribution is 5.75. The Morgan fingerprint density at radius 1 is 0.935 bits per heavy atom. The van der Waals surface area contributed by atoms with Crippen molar-refractivity contribution in [3.05, 3.63) is 35.4 Å². The van der Waals surface area contributed by atoms with E-state index >= 15 is 0 Å². The maximum absolute atomic E-state index is 13.2. The van der Waals surface area contributed by atoms with Gasteiger partial charge in [-0.2, -0.15) is 0 Å². The zero-order valence-electron chi connectivity index (χ0n) is 18.1. The molecule has 5 fully saturated rings. The van der Waals surface area contributed by atoms with Crippen molar-refractivity contribution in [3.8, 4) is 0 Å². The predicted molar refractivity (Wildman–Crippen MR) is 117 cm³/mol. The van der Waals surface area contributed by atoms with Crippen molar-refractivity contribution in [2.24, 2.45) is 23.7 Å². The van der Waals surface area contributed by atoms with Crippen LogP contribution in [0.3, 0.4) is 0 Å². The van der Waals surface area contributed by atoms with Gasteiger partial charge in [0.05, 0.1) is 0 Å². The van der Waals surface area contributed by atoms with Crippen molar-refractivity contribution in [1.29, 1.82) is 0 Å². The van der Waals surface area contributed by atoms with Crippen LogP contribution in [0.15, 0.2) is 24.3 Å². The van der Waals surface area contributed by atoms with E-state index in [1.165, 1.54) is 37.7 Å². The normalized spacial score (nSPS) is 35.2. The fourth-order valence-corrected chi connectivity index (χ4v) is 7.98. The Kier molecular flexibility index (Phi) is 4.48. The van der Waals surface area contributed by atoms with E-state index in [1.54, 1.807) is 4.90 Å². The lowest BCUT2D eigenvalue weighted by molar-refractivity contribution is -0.0117. The number of urea groups is 1. The topological polar surface area (TPSA) is 72.9 Å². The first-order chi connectivity index (χ1) is 15.0. The summed E-state index contributed by atoms with van der Waals surface area (Å²) in [5.41, 5.74) is 2.23. The molecule has 4 bridgehead atoms. The number of nitrogens with one attached hydrogen (secondary N) is 1. The molecule has 2 aliphatic heterocycles. The molecule has 1 aromatic rings. The van der Waals surface area contributed by atoms with Crippen LogP contribution < -0.4 is 5.32 Å². The number of fused-ring (bicyclic) bond motifs is 2. The van der Waals surface area contributed by atoms with Gasteiger partial charge in [0, 0.05) is 37.6 Å². The molecule has 6 aliphatic rings. The number of benzene rings is 1. The molecule has 2 heterocycles. The Morgan fingerprint density at radius 3 is 2.23 bits per heavy atom. The maximum atomic E-state index is 13.2. The van der Waals surface area contributed by atoms with Crippen molar-refractivity contribution in [2.45, 2.75) is 62.9 Å². The van der Waals surface area contributed by atoms with Gasteiger partial charge < -0.3 is 20.2 Å². The molecule has 31 heavy (non-hydrogen) atoms. The van der Waals surface area contributed by atoms with Gasteiger partial charge in [0.1, 0.15) is 0 Å². The predicted octanol–water partition coefficient (Wildman–Crippen LogP) is 4.05. The summed E-state index contributed by atoms with van der Waals surface area (Å²) in [5, 5.41) is 13.1. The van der Waals surface area contributed by atoms with Gasteiger partial charge in [0.25, 0.3) is 0 Å². The van der Waals surface area contributed by atoms with Crippen LogP contribution in [0, 0.1) is 23.7 Å². The van der Waals surface area contributed by atoms with E-state index in [2.05, 4.69) is 23.5 Å². The molecule has 1 aromatic carbocycles. The molecule has 6 nitrogen and oxygen atoms in total. The highest BCUT2D eigenvalue weighted by Gasteiger charge is 2.49.